The van der Waals surface area contributed by atoms with Crippen LogP contribution in [0.2, 0.25) is 10.0 Å². The van der Waals surface area contributed by atoms with E-state index in [9.17, 15) is 9.59 Å². The fourth-order valence-corrected chi connectivity index (χ4v) is 3.48. The van der Waals surface area contributed by atoms with Crippen molar-refractivity contribution >= 4 is 40.7 Å². The molecule has 2 amide bonds. The van der Waals surface area contributed by atoms with Crippen LogP contribution in [0.3, 0.4) is 0 Å². The van der Waals surface area contributed by atoms with Crippen LogP contribution in [0.4, 0.5) is 5.69 Å². The van der Waals surface area contributed by atoms with Gasteiger partial charge >= 0.3 is 0 Å². The molecule has 2 aromatic carbocycles. The first-order valence-electron chi connectivity index (χ1n) is 8.34. The second-order valence-electron chi connectivity index (χ2n) is 6.19. The Morgan fingerprint density at radius 1 is 1.15 bits per heavy atom. The summed E-state index contributed by atoms with van der Waals surface area (Å²) in [6.07, 6.45) is 0.717. The van der Waals surface area contributed by atoms with Crippen molar-refractivity contribution in [1.82, 2.24) is 5.32 Å². The average Bonchev–Trinajstić information content (AvgIpc) is 3.40. The molecule has 0 heterocycles. The summed E-state index contributed by atoms with van der Waals surface area (Å²) in [6.45, 7) is 0.729. The van der Waals surface area contributed by atoms with E-state index in [-0.39, 0.29) is 23.7 Å². The normalized spacial score (nSPS) is 18.3. The third kappa shape index (κ3) is 4.18. The van der Waals surface area contributed by atoms with Crippen LogP contribution >= 0.6 is 23.2 Å². The monoisotopic (exact) mass is 391 g/mol. The van der Waals surface area contributed by atoms with Crippen LogP contribution in [0.15, 0.2) is 42.5 Å². The maximum absolute atomic E-state index is 12.6. The molecule has 2 aromatic rings. The zero-order valence-electron chi connectivity index (χ0n) is 14.0. The Morgan fingerprint density at radius 3 is 2.65 bits per heavy atom. The zero-order chi connectivity index (χ0) is 18.7. The van der Waals surface area contributed by atoms with E-state index in [4.69, 9.17) is 28.9 Å². The summed E-state index contributed by atoms with van der Waals surface area (Å²) in [4.78, 5) is 24.8. The van der Waals surface area contributed by atoms with Gasteiger partial charge in [-0.15, -0.1) is 0 Å². The Bertz CT molecular complexity index is 841. The number of rotatable bonds is 6. The van der Waals surface area contributed by atoms with E-state index in [0.29, 0.717) is 40.8 Å². The van der Waals surface area contributed by atoms with Gasteiger partial charge in [-0.1, -0.05) is 41.4 Å². The minimum absolute atomic E-state index is 0.0676. The van der Waals surface area contributed by atoms with Gasteiger partial charge in [0.2, 0.25) is 5.91 Å². The van der Waals surface area contributed by atoms with Crippen LogP contribution in [0.25, 0.3) is 0 Å². The van der Waals surface area contributed by atoms with Crippen molar-refractivity contribution < 1.29 is 9.59 Å². The predicted octanol–water partition coefficient (Wildman–Crippen LogP) is 3.42. The molecule has 5 nitrogen and oxygen atoms in total. The minimum Gasteiger partial charge on any atom is -0.351 e. The van der Waals surface area contributed by atoms with E-state index in [1.165, 1.54) is 0 Å². The van der Waals surface area contributed by atoms with Gasteiger partial charge < -0.3 is 16.4 Å². The number of hydrogen-bond acceptors (Lipinski definition) is 3. The number of carbonyl (C=O) groups is 2. The molecule has 7 heteroatoms. The topological polar surface area (TPSA) is 84.2 Å². The van der Waals surface area contributed by atoms with Crippen molar-refractivity contribution in [2.45, 2.75) is 12.3 Å². The van der Waals surface area contributed by atoms with Crippen LogP contribution in [0.5, 0.6) is 0 Å². The molecule has 1 fully saturated rings. The molecule has 1 aliphatic rings. The standard InChI is InChI=1S/C19H19Cl2N3O2/c20-11-5-6-12(16(21)9-11)14-10-15(14)19(26)24-17-4-2-1-3-13(17)18(25)23-8-7-22/h1-6,9,14-15H,7-8,10,22H2,(H,23,25)(H,24,26). The fourth-order valence-electron chi connectivity index (χ4n) is 2.93. The Labute approximate surface area is 161 Å². The van der Waals surface area contributed by atoms with Gasteiger partial charge in [0.15, 0.2) is 0 Å². The molecule has 1 aliphatic carbocycles. The highest BCUT2D eigenvalue weighted by molar-refractivity contribution is 6.35. The molecular weight excluding hydrogens is 373 g/mol. The number of anilines is 1. The van der Waals surface area contributed by atoms with Gasteiger partial charge in [0.25, 0.3) is 5.91 Å². The lowest BCUT2D eigenvalue weighted by Crippen LogP contribution is -2.30. The van der Waals surface area contributed by atoms with Crippen molar-refractivity contribution in [3.63, 3.8) is 0 Å². The second-order valence-corrected chi connectivity index (χ2v) is 7.04. The molecule has 0 bridgehead atoms. The highest BCUT2D eigenvalue weighted by atomic mass is 35.5. The van der Waals surface area contributed by atoms with Gasteiger partial charge in [-0.3, -0.25) is 9.59 Å². The Hall–Kier alpha value is -2.08. The smallest absolute Gasteiger partial charge is 0.253 e. The van der Waals surface area contributed by atoms with E-state index in [0.717, 1.165) is 5.56 Å². The molecule has 2 unspecified atom stereocenters. The number of carbonyl (C=O) groups excluding carboxylic acids is 2. The molecule has 0 aliphatic heterocycles. The Morgan fingerprint density at radius 2 is 1.92 bits per heavy atom. The van der Waals surface area contributed by atoms with Crippen molar-refractivity contribution in [2.75, 3.05) is 18.4 Å². The molecule has 4 N–H and O–H groups in total. The molecule has 0 saturated heterocycles. The number of benzene rings is 2. The van der Waals surface area contributed by atoms with E-state index in [1.807, 2.05) is 6.07 Å². The average molecular weight is 392 g/mol. The van der Waals surface area contributed by atoms with Crippen molar-refractivity contribution in [3.05, 3.63) is 63.6 Å². The number of nitrogens with one attached hydrogen (secondary N) is 2. The third-order valence-corrected chi connectivity index (χ3v) is 4.91. The van der Waals surface area contributed by atoms with Gasteiger partial charge in [-0.05, 0) is 42.2 Å². The summed E-state index contributed by atoms with van der Waals surface area (Å²) >= 11 is 12.2. The molecule has 1 saturated carbocycles. The molecule has 0 radical (unpaired) electrons. The first-order valence-corrected chi connectivity index (χ1v) is 9.10. The molecule has 0 aromatic heterocycles. The molecule has 26 heavy (non-hydrogen) atoms. The molecular formula is C19H19Cl2N3O2. The van der Waals surface area contributed by atoms with Crippen LogP contribution in [0, 0.1) is 5.92 Å². The van der Waals surface area contributed by atoms with Crippen LogP contribution in [-0.2, 0) is 4.79 Å². The molecule has 3 rings (SSSR count). The fraction of sp³-hybridized carbons (Fsp3) is 0.263. The number of halogens is 2. The summed E-state index contributed by atoms with van der Waals surface area (Å²) < 4.78 is 0. The lowest BCUT2D eigenvalue weighted by Gasteiger charge is -2.11. The largest absolute Gasteiger partial charge is 0.351 e. The highest BCUT2D eigenvalue weighted by Gasteiger charge is 2.45. The van der Waals surface area contributed by atoms with Crippen LogP contribution < -0.4 is 16.4 Å². The molecule has 2 atom stereocenters. The summed E-state index contributed by atoms with van der Waals surface area (Å²) in [5, 5.41) is 6.71. The van der Waals surface area contributed by atoms with Crippen LogP contribution in [-0.4, -0.2) is 24.9 Å². The number of hydrogen-bond donors (Lipinski definition) is 3. The maximum atomic E-state index is 12.6. The highest BCUT2D eigenvalue weighted by Crippen LogP contribution is 2.50. The quantitative estimate of drug-likeness (QED) is 0.704. The summed E-state index contributed by atoms with van der Waals surface area (Å²) in [6, 6.07) is 12.2. The molecule has 0 spiro atoms. The van der Waals surface area contributed by atoms with E-state index >= 15 is 0 Å². The summed E-state index contributed by atoms with van der Waals surface area (Å²) in [5.41, 5.74) is 7.23. The zero-order valence-corrected chi connectivity index (χ0v) is 15.5. The summed E-state index contributed by atoms with van der Waals surface area (Å²) in [5.74, 6) is -0.494. The van der Waals surface area contributed by atoms with Gasteiger partial charge in [-0.2, -0.15) is 0 Å². The number of nitrogens with two attached hydrogens (primary N) is 1. The lowest BCUT2D eigenvalue weighted by molar-refractivity contribution is -0.117. The van der Waals surface area contributed by atoms with E-state index < -0.39 is 0 Å². The second kappa shape index (κ2) is 8.08. The van der Waals surface area contributed by atoms with Gasteiger partial charge in [0.05, 0.1) is 11.3 Å². The van der Waals surface area contributed by atoms with Gasteiger partial charge in [-0.25, -0.2) is 0 Å². The predicted molar refractivity (Wildman–Crippen MR) is 104 cm³/mol. The van der Waals surface area contributed by atoms with Crippen molar-refractivity contribution in [1.29, 1.82) is 0 Å². The van der Waals surface area contributed by atoms with E-state index in [2.05, 4.69) is 10.6 Å². The van der Waals surface area contributed by atoms with Crippen molar-refractivity contribution in [2.24, 2.45) is 11.7 Å². The first-order chi connectivity index (χ1) is 12.5. The Balaban J connectivity index is 1.69. The Kier molecular flexibility index (Phi) is 5.81. The van der Waals surface area contributed by atoms with Crippen molar-refractivity contribution in [3.8, 4) is 0 Å². The number of para-hydroxylation sites is 1. The molecule has 136 valence electrons. The SMILES string of the molecule is NCCNC(=O)c1ccccc1NC(=O)C1CC1c1ccc(Cl)cc1Cl. The maximum Gasteiger partial charge on any atom is 0.253 e. The number of amides is 2. The minimum atomic E-state index is -0.264. The third-order valence-electron chi connectivity index (χ3n) is 4.35. The first kappa shape index (κ1) is 18.7. The lowest BCUT2D eigenvalue weighted by atomic mass is 10.1. The van der Waals surface area contributed by atoms with Gasteiger partial charge in [0.1, 0.15) is 0 Å². The van der Waals surface area contributed by atoms with Crippen LogP contribution in [0.1, 0.15) is 28.3 Å². The summed E-state index contributed by atoms with van der Waals surface area (Å²) in [7, 11) is 0. The van der Waals surface area contributed by atoms with Gasteiger partial charge in [0, 0.05) is 29.1 Å². The van der Waals surface area contributed by atoms with E-state index in [1.54, 1.807) is 36.4 Å².